The number of pyridine rings is 1. The lowest BCUT2D eigenvalue weighted by Crippen LogP contribution is -2.47. The zero-order valence-electron chi connectivity index (χ0n) is 30.6. The molecule has 0 saturated carbocycles. The fourth-order valence-corrected chi connectivity index (χ4v) is 8.23. The van der Waals surface area contributed by atoms with Crippen LogP contribution in [0, 0.1) is 17.6 Å². The van der Waals surface area contributed by atoms with Gasteiger partial charge in [-0.3, -0.25) is 24.6 Å². The molecule has 14 heteroatoms. The summed E-state index contributed by atoms with van der Waals surface area (Å²) in [4.78, 5) is 40.7. The Morgan fingerprint density at radius 2 is 1.60 bits per heavy atom. The van der Waals surface area contributed by atoms with Crippen LogP contribution in [0.3, 0.4) is 0 Å². The Bertz CT molecular complexity index is 2120. The normalized spacial score (nSPS) is 19.5. The zero-order chi connectivity index (χ0) is 38.9. The summed E-state index contributed by atoms with van der Waals surface area (Å²) in [6, 6.07) is 12.8. The molecule has 0 bridgehead atoms. The van der Waals surface area contributed by atoms with Gasteiger partial charge in [-0.25, -0.2) is 8.78 Å². The molecule has 3 aliphatic rings. The maximum Gasteiger partial charge on any atom is 0.573 e. The number of anilines is 1. The van der Waals surface area contributed by atoms with E-state index in [9.17, 15) is 31.9 Å². The standard InChI is InChI=1S/C41H44F5N5O4/c1-49-24-34(33-21-29(42)4-6-32(33)40(49)54)27-2-3-28(37(20-27)55-41(44,45)46)23-51-16-11-25(12-17-51)10-15-50-18-13-26(14-19-50)31-7-5-30(22-35(31)43)47-36-8-9-38(52)48-39(36)53/h2-7,20-22,24-26,36,47H,8-19,23H2,1H3,(H,48,52,53). The van der Waals surface area contributed by atoms with E-state index in [2.05, 4.69) is 25.2 Å². The van der Waals surface area contributed by atoms with Crippen molar-refractivity contribution in [3.05, 3.63) is 93.9 Å². The molecule has 55 heavy (non-hydrogen) atoms. The van der Waals surface area contributed by atoms with E-state index >= 15 is 4.39 Å². The molecular weight excluding hydrogens is 721 g/mol. The molecule has 2 N–H and O–H groups in total. The monoisotopic (exact) mass is 765 g/mol. The van der Waals surface area contributed by atoms with Gasteiger partial charge in [0.15, 0.2) is 0 Å². The molecule has 1 unspecified atom stereocenters. The zero-order valence-corrected chi connectivity index (χ0v) is 30.6. The number of aryl methyl sites for hydroxylation is 1. The summed E-state index contributed by atoms with van der Waals surface area (Å²) in [6.07, 6.45) is 1.73. The number of hydrogen-bond acceptors (Lipinski definition) is 7. The predicted molar refractivity (Wildman–Crippen MR) is 198 cm³/mol. The Labute approximate surface area is 315 Å². The average Bonchev–Trinajstić information content (AvgIpc) is 3.14. The highest BCUT2D eigenvalue weighted by Gasteiger charge is 2.33. The van der Waals surface area contributed by atoms with E-state index in [0.29, 0.717) is 45.7 Å². The summed E-state index contributed by atoms with van der Waals surface area (Å²) < 4.78 is 76.1. The third-order valence-electron chi connectivity index (χ3n) is 11.3. The van der Waals surface area contributed by atoms with E-state index in [1.807, 2.05) is 0 Å². The Morgan fingerprint density at radius 3 is 2.31 bits per heavy atom. The average molecular weight is 766 g/mol. The number of ether oxygens (including phenoxy) is 1. The van der Waals surface area contributed by atoms with Crippen molar-refractivity contribution in [2.75, 3.05) is 38.0 Å². The van der Waals surface area contributed by atoms with Crippen LogP contribution in [-0.2, 0) is 23.2 Å². The van der Waals surface area contributed by atoms with E-state index in [4.69, 9.17) is 0 Å². The van der Waals surface area contributed by atoms with Gasteiger partial charge in [0.2, 0.25) is 11.8 Å². The summed E-state index contributed by atoms with van der Waals surface area (Å²) >= 11 is 0. The molecule has 9 nitrogen and oxygen atoms in total. The molecule has 0 aliphatic carbocycles. The number of halogens is 5. The topological polar surface area (TPSA) is 95.9 Å². The minimum Gasteiger partial charge on any atom is -0.405 e. The number of fused-ring (bicyclic) bond motifs is 1. The fourth-order valence-electron chi connectivity index (χ4n) is 8.23. The van der Waals surface area contributed by atoms with Gasteiger partial charge >= 0.3 is 6.36 Å². The highest BCUT2D eigenvalue weighted by Crippen LogP contribution is 2.36. The number of carbonyl (C=O) groups excluding carboxylic acids is 2. The van der Waals surface area contributed by atoms with Gasteiger partial charge in [-0.05, 0) is 136 Å². The summed E-state index contributed by atoms with van der Waals surface area (Å²) in [5.41, 5.74) is 2.03. The number of benzene rings is 3. The molecular formula is C41H44F5N5O4. The maximum atomic E-state index is 15.2. The molecule has 292 valence electrons. The first-order chi connectivity index (χ1) is 26.3. The molecule has 3 saturated heterocycles. The molecule has 1 atom stereocenters. The molecule has 2 amide bonds. The summed E-state index contributed by atoms with van der Waals surface area (Å²) in [6.45, 7) is 4.40. The summed E-state index contributed by atoms with van der Waals surface area (Å²) in [5, 5.41) is 5.91. The smallest absolute Gasteiger partial charge is 0.405 e. The molecule has 7 rings (SSSR count). The summed E-state index contributed by atoms with van der Waals surface area (Å²) in [7, 11) is 1.54. The first-order valence-electron chi connectivity index (χ1n) is 18.8. The van der Waals surface area contributed by atoms with Crippen LogP contribution in [0.25, 0.3) is 21.9 Å². The van der Waals surface area contributed by atoms with E-state index in [0.717, 1.165) is 64.8 Å². The van der Waals surface area contributed by atoms with Crippen molar-refractivity contribution in [2.45, 2.75) is 69.8 Å². The lowest BCUT2D eigenvalue weighted by molar-refractivity contribution is -0.275. The van der Waals surface area contributed by atoms with Gasteiger partial charge in [-0.15, -0.1) is 13.2 Å². The van der Waals surface area contributed by atoms with Crippen LogP contribution in [0.4, 0.5) is 27.6 Å². The van der Waals surface area contributed by atoms with Crippen molar-refractivity contribution >= 4 is 28.3 Å². The third kappa shape index (κ3) is 9.18. The Hall–Kier alpha value is -4.82. The second-order valence-corrected chi connectivity index (χ2v) is 15.0. The number of hydrogen-bond donors (Lipinski definition) is 2. The van der Waals surface area contributed by atoms with Crippen molar-refractivity contribution in [3.8, 4) is 16.9 Å². The van der Waals surface area contributed by atoms with Crippen LogP contribution < -0.4 is 20.9 Å². The number of piperidine rings is 3. The minimum absolute atomic E-state index is 0.105. The number of rotatable bonds is 10. The second kappa shape index (κ2) is 16.1. The van der Waals surface area contributed by atoms with Crippen LogP contribution in [0.15, 0.2) is 65.6 Å². The van der Waals surface area contributed by atoms with E-state index in [-0.39, 0.29) is 47.3 Å². The van der Waals surface area contributed by atoms with Crippen molar-refractivity contribution in [3.63, 3.8) is 0 Å². The molecule has 4 aromatic rings. The van der Waals surface area contributed by atoms with Crippen molar-refractivity contribution < 1.29 is 36.3 Å². The Morgan fingerprint density at radius 1 is 0.855 bits per heavy atom. The molecule has 4 heterocycles. The Balaban J connectivity index is 0.907. The summed E-state index contributed by atoms with van der Waals surface area (Å²) in [5.74, 6) is -1.29. The van der Waals surface area contributed by atoms with Crippen LogP contribution in [0.1, 0.15) is 62.0 Å². The van der Waals surface area contributed by atoms with Gasteiger partial charge in [-0.1, -0.05) is 18.2 Å². The van der Waals surface area contributed by atoms with Gasteiger partial charge in [0.05, 0.1) is 0 Å². The lowest BCUT2D eigenvalue weighted by atomic mass is 9.88. The van der Waals surface area contributed by atoms with Gasteiger partial charge in [-0.2, -0.15) is 0 Å². The number of alkyl halides is 3. The largest absolute Gasteiger partial charge is 0.573 e. The van der Waals surface area contributed by atoms with E-state index < -0.39 is 24.1 Å². The number of nitrogens with one attached hydrogen (secondary N) is 2. The first kappa shape index (κ1) is 38.5. The van der Waals surface area contributed by atoms with Gasteiger partial charge in [0, 0.05) is 48.4 Å². The van der Waals surface area contributed by atoms with E-state index in [1.165, 1.54) is 41.1 Å². The molecule has 0 radical (unpaired) electrons. The number of carbonyl (C=O) groups is 2. The lowest BCUT2D eigenvalue weighted by Gasteiger charge is -2.35. The molecule has 3 fully saturated rings. The Kier molecular flexibility index (Phi) is 11.3. The first-order valence-corrected chi connectivity index (χ1v) is 18.8. The van der Waals surface area contributed by atoms with Crippen LogP contribution in [0.5, 0.6) is 5.75 Å². The second-order valence-electron chi connectivity index (χ2n) is 15.0. The fraction of sp³-hybridized carbons (Fsp3) is 0.439. The van der Waals surface area contributed by atoms with Crippen LogP contribution >= 0.6 is 0 Å². The maximum absolute atomic E-state index is 15.2. The van der Waals surface area contributed by atoms with E-state index in [1.54, 1.807) is 31.3 Å². The highest BCUT2D eigenvalue weighted by atomic mass is 19.4. The van der Waals surface area contributed by atoms with Gasteiger partial charge in [0.25, 0.3) is 5.56 Å². The molecule has 3 aromatic carbocycles. The minimum atomic E-state index is -4.91. The number of amides is 2. The SMILES string of the molecule is Cn1cc(-c2ccc(CN3CCC(CCN4CCC(c5ccc(NC6CCC(=O)NC6=O)cc5F)CC4)CC3)c(OC(F)(F)F)c2)c2cc(F)ccc2c1=O. The number of likely N-dealkylation sites (tertiary alicyclic amines) is 2. The number of aromatic nitrogens is 1. The van der Waals surface area contributed by atoms with Crippen molar-refractivity contribution in [2.24, 2.45) is 13.0 Å². The predicted octanol–water partition coefficient (Wildman–Crippen LogP) is 7.08. The molecule has 0 spiro atoms. The quantitative estimate of drug-likeness (QED) is 0.132. The molecule has 1 aromatic heterocycles. The molecule has 3 aliphatic heterocycles. The third-order valence-corrected chi connectivity index (χ3v) is 11.3. The highest BCUT2D eigenvalue weighted by molar-refractivity contribution is 6.01. The number of imide groups is 1. The number of nitrogens with zero attached hydrogens (tertiary/aromatic N) is 3. The van der Waals surface area contributed by atoms with Crippen molar-refractivity contribution in [1.82, 2.24) is 19.7 Å². The van der Waals surface area contributed by atoms with Gasteiger partial charge < -0.3 is 19.5 Å². The van der Waals surface area contributed by atoms with Crippen LogP contribution in [-0.4, -0.2) is 71.3 Å². The van der Waals surface area contributed by atoms with Crippen molar-refractivity contribution in [1.29, 1.82) is 0 Å². The van der Waals surface area contributed by atoms with Crippen LogP contribution in [0.2, 0.25) is 0 Å². The van der Waals surface area contributed by atoms with Gasteiger partial charge in [0.1, 0.15) is 23.4 Å².